The molecule has 1 heterocycles. The first-order valence-electron chi connectivity index (χ1n) is 19.0. The van der Waals surface area contributed by atoms with Crippen molar-refractivity contribution in [3.05, 3.63) is 93.5 Å². The Bertz CT molecular complexity index is 1570. The van der Waals surface area contributed by atoms with Crippen molar-refractivity contribution in [1.29, 1.82) is 0 Å². The van der Waals surface area contributed by atoms with Crippen LogP contribution in [0.1, 0.15) is 116 Å². The molecule has 3 aromatic rings. The van der Waals surface area contributed by atoms with Crippen LogP contribution in [0.2, 0.25) is 0 Å². The van der Waals surface area contributed by atoms with E-state index in [1.54, 1.807) is 77.0 Å². The van der Waals surface area contributed by atoms with Crippen molar-refractivity contribution >= 4 is 47.6 Å². The number of benzene rings is 3. The number of aryl methyl sites for hydroxylation is 6. The monoisotopic (exact) mass is 807 g/mol. The van der Waals surface area contributed by atoms with E-state index in [0.717, 1.165) is 23.0 Å². The van der Waals surface area contributed by atoms with Crippen LogP contribution in [-0.2, 0) is 11.9 Å². The third kappa shape index (κ3) is 8.65. The Kier molecular flexibility index (Phi) is 12.6. The minimum absolute atomic E-state index is 0.0224. The van der Waals surface area contributed by atoms with Crippen molar-refractivity contribution in [2.75, 3.05) is 22.9 Å². The summed E-state index contributed by atoms with van der Waals surface area (Å²) < 4.78 is 3.18. The molecular formula is C43H60Cl2N2PRu+. The third-order valence-electron chi connectivity index (χ3n) is 11.5. The van der Waals surface area contributed by atoms with Gasteiger partial charge in [-0.05, 0) is 77.0 Å². The van der Waals surface area contributed by atoms with Crippen molar-refractivity contribution in [3.8, 4) is 0 Å². The van der Waals surface area contributed by atoms with Crippen LogP contribution in [0.25, 0.3) is 0 Å². The van der Waals surface area contributed by atoms with E-state index in [4.69, 9.17) is 19.4 Å². The zero-order valence-electron chi connectivity index (χ0n) is 30.9. The van der Waals surface area contributed by atoms with Crippen LogP contribution in [0, 0.1) is 41.5 Å². The molecule has 0 atom stereocenters. The average molecular weight is 808 g/mol. The predicted octanol–water partition coefficient (Wildman–Crippen LogP) is 12.3. The number of halogens is 2. The first-order chi connectivity index (χ1) is 23.5. The number of anilines is 2. The Morgan fingerprint density at radius 3 is 1.27 bits per heavy atom. The summed E-state index contributed by atoms with van der Waals surface area (Å²) in [6.07, 6.45) is 19.2. The third-order valence-corrected chi connectivity index (χ3v) is 21.6. The van der Waals surface area contributed by atoms with Gasteiger partial charge in [0, 0.05) is 7.92 Å². The molecule has 4 aliphatic rings. The molecule has 4 fully saturated rings. The van der Waals surface area contributed by atoms with Crippen molar-refractivity contribution in [2.45, 2.75) is 136 Å². The normalized spacial score (nSPS) is 19.7. The van der Waals surface area contributed by atoms with Gasteiger partial charge in [0.05, 0.1) is 17.0 Å². The summed E-state index contributed by atoms with van der Waals surface area (Å²) in [5.74, 6) is 0. The second kappa shape index (κ2) is 16.5. The summed E-state index contributed by atoms with van der Waals surface area (Å²) >= 11 is -3.44. The van der Waals surface area contributed by atoms with Gasteiger partial charge in [-0.3, -0.25) is 0 Å². The van der Waals surface area contributed by atoms with Gasteiger partial charge in [0.25, 0.3) is 0 Å². The molecule has 7 rings (SSSR count). The van der Waals surface area contributed by atoms with E-state index >= 15 is 0 Å². The predicted molar refractivity (Wildman–Crippen MR) is 219 cm³/mol. The Balaban J connectivity index is 0.000000216. The number of nitrogens with zero attached hydrogens (tertiary/aromatic N) is 2. The molecule has 268 valence electrons. The fourth-order valence-electron chi connectivity index (χ4n) is 9.87. The van der Waals surface area contributed by atoms with E-state index in [2.05, 4.69) is 92.3 Å². The summed E-state index contributed by atoms with van der Waals surface area (Å²) in [7, 11) is 14.8. The van der Waals surface area contributed by atoms with Crippen LogP contribution in [0.3, 0.4) is 0 Å². The van der Waals surface area contributed by atoms with Gasteiger partial charge in [0.2, 0.25) is 0 Å². The molecule has 0 radical (unpaired) electrons. The molecule has 3 aromatic carbocycles. The van der Waals surface area contributed by atoms with E-state index in [1.165, 1.54) is 61.7 Å². The van der Waals surface area contributed by atoms with Crippen LogP contribution >= 0.6 is 27.3 Å². The van der Waals surface area contributed by atoms with E-state index in [9.17, 15) is 0 Å². The van der Waals surface area contributed by atoms with Gasteiger partial charge in [-0.15, -0.1) is 0 Å². The SMILES string of the molecule is C1CCC([PH+](C2CCCC2)C2CCCC2)C1.Cc1cc(C)c(N2CCN(c3c(C)cc(C)cc3C)[C]2=[Ru]([Cl])([Cl])=[CH]c2ccccc2)c(C)c1. The van der Waals surface area contributed by atoms with E-state index in [-0.39, 0.29) is 7.92 Å². The quantitative estimate of drug-likeness (QED) is 0.181. The number of hydrogen-bond donors (Lipinski definition) is 0. The fourth-order valence-corrected chi connectivity index (χ4v) is 21.2. The first-order valence-corrected chi connectivity index (χ1v) is 27.1. The molecule has 1 saturated heterocycles. The first kappa shape index (κ1) is 37.4. The Hall–Kier alpha value is -1.37. The molecule has 6 heteroatoms. The van der Waals surface area contributed by atoms with Gasteiger partial charge in [0.1, 0.15) is 0 Å². The number of hydrogen-bond acceptors (Lipinski definition) is 2. The van der Waals surface area contributed by atoms with Crippen molar-refractivity contribution < 1.29 is 11.9 Å². The van der Waals surface area contributed by atoms with Crippen molar-refractivity contribution in [3.63, 3.8) is 0 Å². The van der Waals surface area contributed by atoms with E-state index in [1.807, 2.05) is 18.2 Å². The molecule has 49 heavy (non-hydrogen) atoms. The van der Waals surface area contributed by atoms with Crippen LogP contribution in [0.5, 0.6) is 0 Å². The minimum atomic E-state index is -3.44. The van der Waals surface area contributed by atoms with Crippen LogP contribution in [0.15, 0.2) is 54.6 Å². The second-order valence-electron chi connectivity index (χ2n) is 15.5. The van der Waals surface area contributed by atoms with Crippen LogP contribution in [0.4, 0.5) is 11.4 Å². The molecule has 1 aliphatic heterocycles. The van der Waals surface area contributed by atoms with Crippen LogP contribution in [-0.4, -0.2) is 39.0 Å². The second-order valence-corrected chi connectivity index (χ2v) is 28.1. The zero-order valence-corrected chi connectivity index (χ0v) is 35.2. The topological polar surface area (TPSA) is 6.48 Å². The van der Waals surface area contributed by atoms with Gasteiger partial charge in [0.15, 0.2) is 0 Å². The summed E-state index contributed by atoms with van der Waals surface area (Å²) in [5, 5.41) is 0. The summed E-state index contributed by atoms with van der Waals surface area (Å²) in [6.45, 7) is 14.8. The molecule has 0 unspecified atom stereocenters. The van der Waals surface area contributed by atoms with Gasteiger partial charge >= 0.3 is 210 Å². The maximum absolute atomic E-state index is 7.40. The Morgan fingerprint density at radius 1 is 0.571 bits per heavy atom. The Labute approximate surface area is 309 Å². The fraction of sp³-hybridized carbons (Fsp3) is 0.535. The maximum atomic E-state index is 7.40. The summed E-state index contributed by atoms with van der Waals surface area (Å²) in [6, 6.07) is 19.2. The number of rotatable bonds is 6. The molecule has 0 amide bonds. The summed E-state index contributed by atoms with van der Waals surface area (Å²) in [4.78, 5) is 4.79. The Morgan fingerprint density at radius 2 is 0.918 bits per heavy atom. The molecular weight excluding hydrogens is 747 g/mol. The van der Waals surface area contributed by atoms with Gasteiger partial charge < -0.3 is 0 Å². The summed E-state index contributed by atoms with van der Waals surface area (Å²) in [5.41, 5.74) is 14.8. The van der Waals surface area contributed by atoms with Crippen molar-refractivity contribution in [1.82, 2.24) is 0 Å². The molecule has 0 aromatic heterocycles. The van der Waals surface area contributed by atoms with Crippen LogP contribution < -0.4 is 9.80 Å². The molecule has 0 spiro atoms. The zero-order chi connectivity index (χ0) is 34.7. The van der Waals surface area contributed by atoms with E-state index < -0.39 is 11.9 Å². The van der Waals surface area contributed by atoms with Gasteiger partial charge in [-0.2, -0.15) is 0 Å². The molecule has 3 aliphatic carbocycles. The standard InChI is InChI=1S/C21H26N2.C15H27P.C7H6.2ClH.Ru/c1-14-9-16(3)20(17(4)10-14)22-7-8-23(13-22)21-18(5)11-15(2)12-19(21)6;1-2-8-13(7-1)16(14-9-3-4-10-14)15-11-5-6-12-15;1-7-5-3-2-4-6-7;;;/h9-12H,7-8H2,1-6H3;13-15H,1-12H2;1-6H;2*1H;/q;;;;;+2/p-1. The molecule has 3 saturated carbocycles. The molecule has 2 nitrogen and oxygen atoms in total. The van der Waals surface area contributed by atoms with Crippen molar-refractivity contribution in [2.24, 2.45) is 0 Å². The molecule has 0 N–H and O–H groups in total. The van der Waals surface area contributed by atoms with Gasteiger partial charge in [-0.25, -0.2) is 0 Å². The average Bonchev–Trinajstić information content (AvgIpc) is 3.87. The molecule has 0 bridgehead atoms. The van der Waals surface area contributed by atoms with E-state index in [0.29, 0.717) is 0 Å². The van der Waals surface area contributed by atoms with Gasteiger partial charge in [-0.1, -0.05) is 0 Å².